The van der Waals surface area contributed by atoms with Gasteiger partial charge >= 0.3 is 6.09 Å². The average Bonchev–Trinajstić information content (AvgIpc) is 3.78. The number of imide groups is 1. The van der Waals surface area contributed by atoms with Gasteiger partial charge in [0.2, 0.25) is 23.3 Å². The minimum atomic E-state index is -0.758. The number of ether oxygens (including phenoxy) is 2. The number of pyridine rings is 2. The summed E-state index contributed by atoms with van der Waals surface area (Å²) in [7, 11) is 1.57. The van der Waals surface area contributed by atoms with Gasteiger partial charge in [-0.15, -0.1) is 0 Å². The summed E-state index contributed by atoms with van der Waals surface area (Å²) in [6, 6.07) is 31.5. The lowest BCUT2D eigenvalue weighted by molar-refractivity contribution is -0.133. The molecule has 1 fully saturated rings. The van der Waals surface area contributed by atoms with Gasteiger partial charge in [0.1, 0.15) is 19.0 Å². The molecule has 20 heteroatoms. The van der Waals surface area contributed by atoms with Crippen LogP contribution < -0.4 is 21.3 Å². The van der Waals surface area contributed by atoms with Crippen molar-refractivity contribution in [3.05, 3.63) is 182 Å². The Kier molecular flexibility index (Phi) is 15.8. The molecule has 1 aliphatic carbocycles. The third kappa shape index (κ3) is 11.6. The molecule has 77 heavy (non-hydrogen) atoms. The number of piperazine rings is 1. The quantitative estimate of drug-likeness (QED) is 0.118. The molecule has 9 rings (SSSR count). The fourth-order valence-electron chi connectivity index (χ4n) is 9.74. The summed E-state index contributed by atoms with van der Waals surface area (Å²) in [6.07, 6.45) is 2.43. The predicted octanol–water partition coefficient (Wildman–Crippen LogP) is 5.30. The van der Waals surface area contributed by atoms with Crippen molar-refractivity contribution < 1.29 is 42.6 Å². The molecule has 19 nitrogen and oxygen atoms in total. The Balaban J connectivity index is 0.836. The van der Waals surface area contributed by atoms with Gasteiger partial charge < -0.3 is 29.2 Å². The van der Waals surface area contributed by atoms with Gasteiger partial charge in [0.05, 0.1) is 35.5 Å². The van der Waals surface area contributed by atoms with E-state index in [0.717, 1.165) is 27.2 Å². The van der Waals surface area contributed by atoms with Crippen LogP contribution in [0.1, 0.15) is 63.0 Å². The topological polar surface area (TPSA) is 227 Å². The van der Waals surface area contributed by atoms with Crippen LogP contribution in [0.15, 0.2) is 131 Å². The maximum absolute atomic E-state index is 15.3. The van der Waals surface area contributed by atoms with Crippen LogP contribution in [0.4, 0.5) is 14.9 Å². The van der Waals surface area contributed by atoms with Gasteiger partial charge in [0.25, 0.3) is 17.4 Å². The van der Waals surface area contributed by atoms with Crippen LogP contribution >= 0.6 is 0 Å². The van der Waals surface area contributed by atoms with E-state index in [2.05, 4.69) is 20.5 Å². The summed E-state index contributed by atoms with van der Waals surface area (Å²) in [5, 5.41) is 10.5. The van der Waals surface area contributed by atoms with E-state index in [1.54, 1.807) is 49.6 Å². The summed E-state index contributed by atoms with van der Waals surface area (Å²) >= 11 is 0. The van der Waals surface area contributed by atoms with E-state index >= 15 is 4.39 Å². The predicted molar refractivity (Wildman–Crippen MR) is 283 cm³/mol. The Labute approximate surface area is 440 Å². The summed E-state index contributed by atoms with van der Waals surface area (Å²) in [5.74, 6) is -3.92. The molecule has 0 radical (unpaired) electrons. The van der Waals surface area contributed by atoms with Gasteiger partial charge in [-0.05, 0) is 63.7 Å². The van der Waals surface area contributed by atoms with Crippen LogP contribution in [-0.4, -0.2) is 136 Å². The number of anilines is 1. The molecule has 3 aromatic heterocycles. The first kappa shape index (κ1) is 52.7. The zero-order valence-electron chi connectivity index (χ0n) is 42.5. The molecule has 6 amide bonds. The molecule has 0 spiro atoms. The average molecular weight is 1040 g/mol. The minimum absolute atomic E-state index is 0.00629. The standard InChI is InChI=1S/C57H54FN9O10/c1-35(68)67(36(2)69)50-30-39(38-17-19-51(70)63(3)32-38)31-60-53(50)55(73)59-20-26-76-27-25-66(57(75)77-34-47-42-12-6-4-10-40(42)41-11-5-7-13-43(41)47)33-52(71)64-21-23-65(24-22-64)56(74)46-28-37(16-18-48(46)58)29-49-44-14-8-9-15-45(44)54(72)62-61-49/h4-19,28,30-32,47H,20-27,29,33-34H2,1-3H3,(H,59,73)(H,62,72). The van der Waals surface area contributed by atoms with Crippen LogP contribution in [-0.2, 0) is 37.3 Å². The van der Waals surface area contributed by atoms with Crippen LogP contribution in [0.25, 0.3) is 33.0 Å². The molecule has 7 aromatic rings. The van der Waals surface area contributed by atoms with E-state index < -0.39 is 41.4 Å². The molecule has 0 bridgehead atoms. The second-order valence-electron chi connectivity index (χ2n) is 18.6. The summed E-state index contributed by atoms with van der Waals surface area (Å²) in [4.78, 5) is 115. The molecular weight excluding hydrogens is 990 g/mol. The normalized spacial score (nSPS) is 12.9. The number of halogens is 1. The third-order valence-electron chi connectivity index (χ3n) is 13.7. The highest BCUT2D eigenvalue weighted by molar-refractivity contribution is 6.16. The largest absolute Gasteiger partial charge is 0.448 e. The number of carbonyl (C=O) groups excluding carboxylic acids is 6. The van der Waals surface area contributed by atoms with Crippen molar-refractivity contribution in [1.82, 2.24) is 39.8 Å². The van der Waals surface area contributed by atoms with Gasteiger partial charge in [0.15, 0.2) is 5.69 Å². The Bertz CT molecular complexity index is 3510. The molecule has 2 aliphatic rings. The number of benzene rings is 4. The second-order valence-corrected chi connectivity index (χ2v) is 18.6. The number of hydrogen-bond acceptors (Lipinski definition) is 12. The lowest BCUT2D eigenvalue weighted by Gasteiger charge is -2.36. The van der Waals surface area contributed by atoms with E-state index in [0.29, 0.717) is 33.2 Å². The molecule has 1 saturated heterocycles. The number of carbonyl (C=O) groups is 6. The first-order valence-electron chi connectivity index (χ1n) is 24.9. The van der Waals surface area contributed by atoms with Crippen LogP contribution in [0.2, 0.25) is 0 Å². The van der Waals surface area contributed by atoms with Gasteiger partial charge in [-0.25, -0.2) is 24.2 Å². The van der Waals surface area contributed by atoms with Crippen LogP contribution in [0.3, 0.4) is 0 Å². The summed E-state index contributed by atoms with van der Waals surface area (Å²) in [6.45, 7) is 2.12. The molecular formula is C57H54FN9O10. The van der Waals surface area contributed by atoms with Crippen LogP contribution in [0, 0.1) is 5.82 Å². The lowest BCUT2D eigenvalue weighted by Crippen LogP contribution is -2.53. The Hall–Kier alpha value is -9.17. The van der Waals surface area contributed by atoms with Crippen molar-refractivity contribution in [3.8, 4) is 22.3 Å². The second kappa shape index (κ2) is 23.2. The van der Waals surface area contributed by atoms with Crippen molar-refractivity contribution in [2.24, 2.45) is 7.05 Å². The lowest BCUT2D eigenvalue weighted by atomic mass is 9.98. The van der Waals surface area contributed by atoms with E-state index in [1.807, 2.05) is 48.5 Å². The van der Waals surface area contributed by atoms with Crippen molar-refractivity contribution in [2.45, 2.75) is 26.2 Å². The SMILES string of the molecule is CC(=O)N(C(C)=O)c1cc(-c2ccc(=O)n(C)c2)cnc1C(=O)NCCOCCN(CC(=O)N1CCN(C(=O)c2cc(Cc3n[nH]c(=O)c4ccccc34)ccc2F)CC1)C(=O)OCC1c2ccccc2-c2ccccc21. The minimum Gasteiger partial charge on any atom is -0.448 e. The van der Waals surface area contributed by atoms with Crippen molar-refractivity contribution in [1.29, 1.82) is 0 Å². The smallest absolute Gasteiger partial charge is 0.410 e. The zero-order valence-corrected chi connectivity index (χ0v) is 42.5. The number of nitrogens with zero attached hydrogens (tertiary/aromatic N) is 7. The number of aromatic nitrogens is 4. The number of amides is 6. The summed E-state index contributed by atoms with van der Waals surface area (Å²) < 4.78 is 28.5. The first-order valence-corrected chi connectivity index (χ1v) is 24.9. The molecule has 4 heterocycles. The molecule has 0 unspecified atom stereocenters. The monoisotopic (exact) mass is 1040 g/mol. The van der Waals surface area contributed by atoms with E-state index in [4.69, 9.17) is 9.47 Å². The van der Waals surface area contributed by atoms with Gasteiger partial charge in [-0.3, -0.25) is 38.5 Å². The number of fused-ring (bicyclic) bond motifs is 4. The van der Waals surface area contributed by atoms with E-state index in [1.165, 1.54) is 63.6 Å². The molecule has 2 N–H and O–H groups in total. The molecule has 394 valence electrons. The highest BCUT2D eigenvalue weighted by Gasteiger charge is 2.32. The molecule has 0 saturated carbocycles. The number of nitrogens with one attached hydrogen (secondary N) is 2. The van der Waals surface area contributed by atoms with Crippen molar-refractivity contribution in [3.63, 3.8) is 0 Å². The maximum Gasteiger partial charge on any atom is 0.410 e. The highest BCUT2D eigenvalue weighted by atomic mass is 19.1. The van der Waals surface area contributed by atoms with E-state index in [9.17, 15) is 38.4 Å². The van der Waals surface area contributed by atoms with E-state index in [-0.39, 0.29) is 106 Å². The van der Waals surface area contributed by atoms with Crippen molar-refractivity contribution in [2.75, 3.05) is 70.5 Å². The highest BCUT2D eigenvalue weighted by Crippen LogP contribution is 2.44. The number of rotatable bonds is 16. The number of H-pyrrole nitrogens is 1. The Morgan fingerprint density at radius 1 is 0.779 bits per heavy atom. The number of aryl methyl sites for hydroxylation is 1. The zero-order chi connectivity index (χ0) is 54.3. The van der Waals surface area contributed by atoms with Gasteiger partial charge in [-0.1, -0.05) is 72.8 Å². The number of aromatic amines is 1. The maximum atomic E-state index is 15.3. The van der Waals surface area contributed by atoms with Gasteiger partial charge in [0, 0.05) is 102 Å². The molecule has 0 atom stereocenters. The first-order chi connectivity index (χ1) is 37.2. The fourth-order valence-corrected chi connectivity index (χ4v) is 9.74. The molecule has 1 aliphatic heterocycles. The number of hydrogen-bond donors (Lipinski definition) is 2. The third-order valence-corrected chi connectivity index (χ3v) is 13.7. The Morgan fingerprint density at radius 3 is 2.13 bits per heavy atom. The Morgan fingerprint density at radius 2 is 1.44 bits per heavy atom. The summed E-state index contributed by atoms with van der Waals surface area (Å²) in [5.41, 5.74) is 5.28. The van der Waals surface area contributed by atoms with Gasteiger partial charge in [-0.2, -0.15) is 5.10 Å². The molecule has 4 aromatic carbocycles. The van der Waals surface area contributed by atoms with Crippen LogP contribution in [0.5, 0.6) is 0 Å². The fraction of sp³-hybridized carbons (Fsp3) is 0.263. The van der Waals surface area contributed by atoms with Crippen molar-refractivity contribution >= 4 is 52.1 Å².